The van der Waals surface area contributed by atoms with E-state index in [0.29, 0.717) is 6.61 Å². The number of hydrogen-bond donors (Lipinski definition) is 4. The maximum absolute atomic E-state index is 12.3. The van der Waals surface area contributed by atoms with Crippen LogP contribution < -0.4 is 0 Å². The molecule has 0 aromatic heterocycles. The van der Waals surface area contributed by atoms with Crippen LogP contribution in [-0.4, -0.2) is 106 Å². The smallest absolute Gasteiger partial charge is 0.338 e. The highest BCUT2D eigenvalue weighted by atomic mass is 16.8. The second-order valence-corrected chi connectivity index (χ2v) is 10.5. The summed E-state index contributed by atoms with van der Waals surface area (Å²) in [6.45, 7) is -0.167. The first-order valence-corrected chi connectivity index (χ1v) is 13.0. The molecule has 2 aliphatic carbocycles. The number of aliphatic hydroxyl groups excluding tert-OH is 4. The van der Waals surface area contributed by atoms with Crippen molar-refractivity contribution in [2.45, 2.75) is 125 Å². The zero-order valence-electron chi connectivity index (χ0n) is 20.2. The van der Waals surface area contributed by atoms with Crippen molar-refractivity contribution in [3.05, 3.63) is 0 Å². The van der Waals surface area contributed by atoms with Gasteiger partial charge in [-0.15, -0.1) is 0 Å². The molecule has 4 aliphatic heterocycles. The molecule has 6 rings (SSSR count). The summed E-state index contributed by atoms with van der Waals surface area (Å²) < 4.78 is 34.6. The Balaban J connectivity index is 0.000000189. The van der Waals surface area contributed by atoms with E-state index in [4.69, 9.17) is 44.1 Å². The Hall–Kier alpha value is -1.38. The molecule has 4 heterocycles. The van der Waals surface area contributed by atoms with Crippen LogP contribution in [0.1, 0.15) is 64.2 Å². The molecule has 0 bridgehead atoms. The zero-order valence-corrected chi connectivity index (χ0v) is 20.2. The van der Waals surface area contributed by atoms with Gasteiger partial charge in [0.2, 0.25) is 0 Å². The fraction of sp³-hybridized carbons (Fsp3) is 0.917. The van der Waals surface area contributed by atoms with Crippen LogP contribution in [0.3, 0.4) is 0 Å². The van der Waals surface area contributed by atoms with E-state index in [-0.39, 0.29) is 18.2 Å². The normalized spacial score (nSPS) is 41.5. The number of hydrogen-bond acceptors (Lipinski definition) is 12. The summed E-state index contributed by atoms with van der Waals surface area (Å²) in [6, 6.07) is 0. The standard InChI is InChI=1S/C18H26O6.C6H10O6/c19-16-15-14(23-18(24-15)9-5-2-6-10-18)13(21-16)12-11-20-17(22-12)7-3-1-4-8-17;7-1-2(8)5-3(9)4(10)6(11)12-5/h12-15H,1-11H2;2-5,7-10H,1H2/t12?,13-,14?,15+;2-,3+,4-,5+/m01/s1. The van der Waals surface area contributed by atoms with E-state index in [1.165, 1.54) is 12.8 Å². The molecule has 4 saturated heterocycles. The lowest BCUT2D eigenvalue weighted by molar-refractivity contribution is -0.230. The maximum atomic E-state index is 12.3. The largest absolute Gasteiger partial charge is 0.455 e. The lowest BCUT2D eigenvalue weighted by Crippen LogP contribution is -2.43. The number of carbonyl (C=O) groups is 2. The molecule has 12 heteroatoms. The van der Waals surface area contributed by atoms with Crippen molar-refractivity contribution in [3.8, 4) is 0 Å². The summed E-state index contributed by atoms with van der Waals surface area (Å²) in [5.74, 6) is -2.33. The quantitative estimate of drug-likeness (QED) is 0.352. The summed E-state index contributed by atoms with van der Waals surface area (Å²) in [5, 5.41) is 35.3. The summed E-state index contributed by atoms with van der Waals surface area (Å²) in [5.41, 5.74) is 0. The van der Waals surface area contributed by atoms with E-state index >= 15 is 0 Å². The van der Waals surface area contributed by atoms with Gasteiger partial charge in [-0.1, -0.05) is 12.8 Å². The fourth-order valence-electron chi connectivity index (χ4n) is 6.03. The monoisotopic (exact) mass is 516 g/mol. The minimum atomic E-state index is -1.63. The Labute approximate surface area is 208 Å². The SMILES string of the molecule is O=C1O[C@@H](C2COC3(CCCCC3)O2)C2OC3(CCCCC3)O[C@@H]12.O=C1O[C@@H]([C@H](O)CO)[C@@H](O)[C@H]1O. The van der Waals surface area contributed by atoms with E-state index in [0.717, 1.165) is 51.4 Å². The number of fused-ring (bicyclic) bond motifs is 1. The van der Waals surface area contributed by atoms with Crippen LogP contribution >= 0.6 is 0 Å². The highest BCUT2D eigenvalue weighted by Crippen LogP contribution is 2.47. The van der Waals surface area contributed by atoms with Gasteiger partial charge >= 0.3 is 11.9 Å². The number of ether oxygens (including phenoxy) is 6. The number of cyclic esters (lactones) is 2. The fourth-order valence-corrected chi connectivity index (χ4v) is 6.03. The Morgan fingerprint density at radius 1 is 0.806 bits per heavy atom. The molecular formula is C24H36O12. The topological polar surface area (TPSA) is 170 Å². The highest BCUT2D eigenvalue weighted by Gasteiger charge is 2.62. The van der Waals surface area contributed by atoms with E-state index in [2.05, 4.69) is 4.74 Å². The molecule has 6 aliphatic rings. The van der Waals surface area contributed by atoms with E-state index in [9.17, 15) is 9.59 Å². The predicted octanol–water partition coefficient (Wildman–Crippen LogP) is -0.581. The van der Waals surface area contributed by atoms with Gasteiger partial charge in [-0.05, 0) is 25.7 Å². The van der Waals surface area contributed by atoms with Crippen LogP contribution in [0.25, 0.3) is 0 Å². The van der Waals surface area contributed by atoms with Crippen molar-refractivity contribution in [3.63, 3.8) is 0 Å². The predicted molar refractivity (Wildman–Crippen MR) is 117 cm³/mol. The molecule has 4 N–H and O–H groups in total. The summed E-state index contributed by atoms with van der Waals surface area (Å²) >= 11 is 0. The molecule has 2 unspecified atom stereocenters. The van der Waals surface area contributed by atoms with Crippen LogP contribution in [0.15, 0.2) is 0 Å². The third-order valence-corrected chi connectivity index (χ3v) is 7.99. The van der Waals surface area contributed by atoms with Gasteiger partial charge in [-0.2, -0.15) is 0 Å². The van der Waals surface area contributed by atoms with Crippen molar-refractivity contribution < 1.29 is 58.4 Å². The molecule has 36 heavy (non-hydrogen) atoms. The van der Waals surface area contributed by atoms with Gasteiger partial charge in [0.25, 0.3) is 0 Å². The Morgan fingerprint density at radius 3 is 2.03 bits per heavy atom. The number of aliphatic hydroxyl groups is 4. The average Bonchev–Trinajstić information content (AvgIpc) is 3.60. The van der Waals surface area contributed by atoms with Crippen molar-refractivity contribution in [2.75, 3.05) is 13.2 Å². The molecule has 0 radical (unpaired) electrons. The second kappa shape index (κ2) is 10.4. The Bertz CT molecular complexity index is 807. The summed E-state index contributed by atoms with van der Waals surface area (Å²) in [7, 11) is 0. The van der Waals surface area contributed by atoms with Crippen LogP contribution in [0, 0.1) is 0 Å². The zero-order chi connectivity index (χ0) is 25.5. The first kappa shape index (κ1) is 26.2. The first-order valence-electron chi connectivity index (χ1n) is 13.0. The van der Waals surface area contributed by atoms with Gasteiger partial charge in [0, 0.05) is 25.7 Å². The van der Waals surface area contributed by atoms with E-state index < -0.39 is 60.8 Å². The average molecular weight is 517 g/mol. The molecule has 12 nitrogen and oxygen atoms in total. The van der Waals surface area contributed by atoms with Crippen molar-refractivity contribution in [1.82, 2.24) is 0 Å². The molecular weight excluding hydrogens is 480 g/mol. The van der Waals surface area contributed by atoms with Crippen molar-refractivity contribution in [2.24, 2.45) is 0 Å². The molecule has 6 fully saturated rings. The summed E-state index contributed by atoms with van der Waals surface area (Å²) in [6.07, 6.45) is 3.17. The van der Waals surface area contributed by atoms with Crippen molar-refractivity contribution in [1.29, 1.82) is 0 Å². The van der Waals surface area contributed by atoms with Gasteiger partial charge in [0.1, 0.15) is 24.4 Å². The molecule has 0 aromatic carbocycles. The van der Waals surface area contributed by atoms with Gasteiger partial charge in [-0.25, -0.2) is 9.59 Å². The first-order chi connectivity index (χ1) is 17.3. The molecule has 0 aromatic rings. The van der Waals surface area contributed by atoms with Crippen LogP contribution in [-0.2, 0) is 38.0 Å². The molecule has 8 atom stereocenters. The van der Waals surface area contributed by atoms with Gasteiger partial charge in [0.15, 0.2) is 36.0 Å². The van der Waals surface area contributed by atoms with Crippen LogP contribution in [0.2, 0.25) is 0 Å². The molecule has 2 spiro atoms. The maximum Gasteiger partial charge on any atom is 0.338 e. The Kier molecular flexibility index (Phi) is 7.59. The number of esters is 2. The van der Waals surface area contributed by atoms with E-state index in [1.54, 1.807) is 0 Å². The summed E-state index contributed by atoms with van der Waals surface area (Å²) in [4.78, 5) is 22.9. The van der Waals surface area contributed by atoms with Crippen molar-refractivity contribution >= 4 is 11.9 Å². The van der Waals surface area contributed by atoms with E-state index in [1.807, 2.05) is 0 Å². The van der Waals surface area contributed by atoms with Gasteiger partial charge < -0.3 is 48.8 Å². The third-order valence-electron chi connectivity index (χ3n) is 7.99. The molecule has 0 amide bonds. The lowest BCUT2D eigenvalue weighted by Gasteiger charge is -2.34. The van der Waals surface area contributed by atoms with Crippen LogP contribution in [0.5, 0.6) is 0 Å². The highest BCUT2D eigenvalue weighted by molar-refractivity contribution is 5.79. The van der Waals surface area contributed by atoms with Gasteiger partial charge in [-0.3, -0.25) is 0 Å². The third kappa shape index (κ3) is 4.90. The minimum Gasteiger partial charge on any atom is -0.455 e. The lowest BCUT2D eigenvalue weighted by atomic mass is 9.94. The number of rotatable bonds is 3. The second-order valence-electron chi connectivity index (χ2n) is 10.5. The molecule has 204 valence electrons. The molecule has 2 saturated carbocycles. The Morgan fingerprint density at radius 2 is 1.44 bits per heavy atom. The van der Waals surface area contributed by atoms with Gasteiger partial charge in [0.05, 0.1) is 13.2 Å². The van der Waals surface area contributed by atoms with Crippen LogP contribution in [0.4, 0.5) is 0 Å². The number of carbonyl (C=O) groups excluding carboxylic acids is 2. The minimum absolute atomic E-state index is 0.246.